The minimum atomic E-state index is 0.408. The van der Waals surface area contributed by atoms with E-state index >= 15 is 0 Å². The summed E-state index contributed by atoms with van der Waals surface area (Å²) in [6.45, 7) is 0. The van der Waals surface area contributed by atoms with Crippen LogP contribution in [0.15, 0.2) is 23.1 Å². The number of thiol groups is 1. The van der Waals surface area contributed by atoms with E-state index < -0.39 is 0 Å². The van der Waals surface area contributed by atoms with Gasteiger partial charge in [-0.3, -0.25) is 0 Å². The normalized spacial score (nSPS) is 26.5. The van der Waals surface area contributed by atoms with E-state index in [-0.39, 0.29) is 0 Å². The third-order valence-electron chi connectivity index (χ3n) is 3.30. The van der Waals surface area contributed by atoms with Gasteiger partial charge in [0.25, 0.3) is 0 Å². The summed E-state index contributed by atoms with van der Waals surface area (Å²) in [6, 6.07) is 6.58. The fourth-order valence-electron chi connectivity index (χ4n) is 2.27. The highest BCUT2D eigenvalue weighted by Gasteiger charge is 2.20. The van der Waals surface area contributed by atoms with Crippen molar-refractivity contribution >= 4 is 18.3 Å². The Morgan fingerprint density at radius 2 is 1.80 bits per heavy atom. The largest absolute Gasteiger partial charge is 0.398 e. The lowest BCUT2D eigenvalue weighted by Crippen LogP contribution is -2.25. The summed E-state index contributed by atoms with van der Waals surface area (Å²) in [7, 11) is 0. The van der Waals surface area contributed by atoms with Gasteiger partial charge >= 0.3 is 0 Å². The molecule has 0 spiro atoms. The van der Waals surface area contributed by atoms with E-state index in [9.17, 15) is 0 Å². The summed E-state index contributed by atoms with van der Waals surface area (Å²) in [5.74, 6) is 0.649. The van der Waals surface area contributed by atoms with E-state index in [4.69, 9.17) is 11.5 Å². The molecule has 1 aromatic rings. The molecule has 1 aliphatic carbocycles. The first kappa shape index (κ1) is 10.8. The van der Waals surface area contributed by atoms with Crippen LogP contribution in [0.1, 0.15) is 37.2 Å². The minimum Gasteiger partial charge on any atom is -0.398 e. The summed E-state index contributed by atoms with van der Waals surface area (Å²) in [5, 5.41) is 0. The van der Waals surface area contributed by atoms with Gasteiger partial charge in [-0.15, -0.1) is 12.6 Å². The molecular formula is C12H18N2S. The Morgan fingerprint density at radius 1 is 1.13 bits per heavy atom. The average molecular weight is 222 g/mol. The molecule has 4 N–H and O–H groups in total. The van der Waals surface area contributed by atoms with Crippen molar-refractivity contribution in [3.63, 3.8) is 0 Å². The molecule has 0 amide bonds. The smallest absolute Gasteiger partial charge is 0.0449 e. The third-order valence-corrected chi connectivity index (χ3v) is 3.69. The van der Waals surface area contributed by atoms with Crippen molar-refractivity contribution in [3.05, 3.63) is 23.8 Å². The lowest BCUT2D eigenvalue weighted by atomic mass is 9.82. The van der Waals surface area contributed by atoms with Crippen LogP contribution in [0.25, 0.3) is 0 Å². The average Bonchev–Trinajstić information content (AvgIpc) is 2.23. The van der Waals surface area contributed by atoms with Gasteiger partial charge in [-0.05, 0) is 49.3 Å². The fourth-order valence-corrected chi connectivity index (χ4v) is 2.49. The summed E-state index contributed by atoms with van der Waals surface area (Å²) >= 11 is 4.36. The molecule has 82 valence electrons. The molecule has 1 saturated carbocycles. The van der Waals surface area contributed by atoms with E-state index in [1.165, 1.54) is 18.4 Å². The van der Waals surface area contributed by atoms with Crippen molar-refractivity contribution in [3.8, 4) is 0 Å². The van der Waals surface area contributed by atoms with Crippen molar-refractivity contribution in [1.29, 1.82) is 0 Å². The highest BCUT2D eigenvalue weighted by Crippen LogP contribution is 2.34. The van der Waals surface area contributed by atoms with Crippen molar-refractivity contribution in [2.45, 2.75) is 42.5 Å². The van der Waals surface area contributed by atoms with Crippen LogP contribution < -0.4 is 11.5 Å². The quantitative estimate of drug-likeness (QED) is 0.505. The SMILES string of the molecule is Nc1ccc(C2CCC(N)CC2)cc1S. The Morgan fingerprint density at radius 3 is 2.40 bits per heavy atom. The van der Waals surface area contributed by atoms with Crippen LogP contribution in [0.3, 0.4) is 0 Å². The van der Waals surface area contributed by atoms with Gasteiger partial charge in [0.05, 0.1) is 0 Å². The Labute approximate surface area is 96.5 Å². The van der Waals surface area contributed by atoms with Crippen LogP contribution in [-0.4, -0.2) is 6.04 Å². The highest BCUT2D eigenvalue weighted by atomic mass is 32.1. The van der Waals surface area contributed by atoms with Gasteiger partial charge in [-0.25, -0.2) is 0 Å². The second-order valence-corrected chi connectivity index (χ2v) is 4.91. The van der Waals surface area contributed by atoms with Crippen molar-refractivity contribution in [2.75, 3.05) is 5.73 Å². The maximum Gasteiger partial charge on any atom is 0.0449 e. The minimum absolute atomic E-state index is 0.408. The molecular weight excluding hydrogens is 204 g/mol. The van der Waals surface area contributed by atoms with Gasteiger partial charge in [-0.2, -0.15) is 0 Å². The molecule has 0 heterocycles. The second-order valence-electron chi connectivity index (χ2n) is 4.43. The van der Waals surface area contributed by atoms with Gasteiger partial charge in [0.2, 0.25) is 0 Å². The maximum atomic E-state index is 5.89. The number of anilines is 1. The number of benzene rings is 1. The number of hydrogen-bond donors (Lipinski definition) is 3. The van der Waals surface area contributed by atoms with E-state index in [0.29, 0.717) is 12.0 Å². The zero-order chi connectivity index (χ0) is 10.8. The zero-order valence-electron chi connectivity index (χ0n) is 8.82. The van der Waals surface area contributed by atoms with Crippen LogP contribution in [-0.2, 0) is 0 Å². The van der Waals surface area contributed by atoms with Gasteiger partial charge in [-0.1, -0.05) is 6.07 Å². The van der Waals surface area contributed by atoms with Crippen LogP contribution >= 0.6 is 12.6 Å². The molecule has 1 aliphatic rings. The molecule has 1 fully saturated rings. The summed E-state index contributed by atoms with van der Waals surface area (Å²) in [4.78, 5) is 0.891. The van der Waals surface area contributed by atoms with Crippen molar-refractivity contribution < 1.29 is 0 Å². The predicted molar refractivity (Wildman–Crippen MR) is 67.3 cm³/mol. The van der Waals surface area contributed by atoms with E-state index in [0.717, 1.165) is 23.4 Å². The molecule has 1 aromatic carbocycles. The molecule has 0 radical (unpaired) electrons. The highest BCUT2D eigenvalue weighted by molar-refractivity contribution is 7.80. The number of nitrogen functional groups attached to an aromatic ring is 1. The van der Waals surface area contributed by atoms with Gasteiger partial charge in [0.1, 0.15) is 0 Å². The van der Waals surface area contributed by atoms with E-state index in [2.05, 4.69) is 24.8 Å². The van der Waals surface area contributed by atoms with Gasteiger partial charge < -0.3 is 11.5 Å². The second kappa shape index (κ2) is 4.45. The van der Waals surface area contributed by atoms with Crippen LogP contribution in [0.4, 0.5) is 5.69 Å². The number of nitrogens with two attached hydrogens (primary N) is 2. The standard InChI is InChI=1S/C12H18N2S/c13-10-4-1-8(2-5-10)9-3-6-11(14)12(15)7-9/h3,6-8,10,15H,1-2,4-5,13-14H2. The molecule has 0 aromatic heterocycles. The lowest BCUT2D eigenvalue weighted by molar-refractivity contribution is 0.395. The predicted octanol–water partition coefficient (Wildman–Crippen LogP) is 2.54. The van der Waals surface area contributed by atoms with Crippen LogP contribution in [0, 0.1) is 0 Å². The molecule has 0 aliphatic heterocycles. The fraction of sp³-hybridized carbons (Fsp3) is 0.500. The van der Waals surface area contributed by atoms with Gasteiger partial charge in [0, 0.05) is 16.6 Å². The van der Waals surface area contributed by atoms with Crippen molar-refractivity contribution in [2.24, 2.45) is 5.73 Å². The van der Waals surface area contributed by atoms with Gasteiger partial charge in [0.15, 0.2) is 0 Å². The Balaban J connectivity index is 2.12. The zero-order valence-corrected chi connectivity index (χ0v) is 9.71. The number of rotatable bonds is 1. The Hall–Kier alpha value is -0.670. The maximum absolute atomic E-state index is 5.89. The molecule has 0 bridgehead atoms. The lowest BCUT2D eigenvalue weighted by Gasteiger charge is -2.26. The van der Waals surface area contributed by atoms with Crippen LogP contribution in [0.2, 0.25) is 0 Å². The van der Waals surface area contributed by atoms with E-state index in [1.807, 2.05) is 6.07 Å². The molecule has 2 rings (SSSR count). The van der Waals surface area contributed by atoms with E-state index in [1.54, 1.807) is 0 Å². The Bertz CT molecular complexity index is 343. The first-order chi connectivity index (χ1) is 7.16. The Kier molecular flexibility index (Phi) is 3.22. The summed E-state index contributed by atoms with van der Waals surface area (Å²) < 4.78 is 0. The molecule has 15 heavy (non-hydrogen) atoms. The molecule has 0 unspecified atom stereocenters. The molecule has 0 atom stereocenters. The third kappa shape index (κ3) is 2.47. The van der Waals surface area contributed by atoms with Crippen LogP contribution in [0.5, 0.6) is 0 Å². The molecule has 3 heteroatoms. The topological polar surface area (TPSA) is 52.0 Å². The molecule has 0 saturated heterocycles. The van der Waals surface area contributed by atoms with Crippen molar-refractivity contribution in [1.82, 2.24) is 0 Å². The summed E-state index contributed by atoms with van der Waals surface area (Å²) in [6.07, 6.45) is 4.66. The first-order valence-electron chi connectivity index (χ1n) is 5.51. The first-order valence-corrected chi connectivity index (χ1v) is 5.95. The molecule has 2 nitrogen and oxygen atoms in total. The monoisotopic (exact) mass is 222 g/mol. The number of hydrogen-bond acceptors (Lipinski definition) is 3. The summed E-state index contributed by atoms with van der Waals surface area (Å²) in [5.41, 5.74) is 13.8.